The van der Waals surface area contributed by atoms with Crippen molar-refractivity contribution in [2.75, 3.05) is 0 Å². The fourth-order valence-corrected chi connectivity index (χ4v) is 27.9. The first-order valence-corrected chi connectivity index (χ1v) is 22.7. The van der Waals surface area contributed by atoms with Gasteiger partial charge in [-0.1, -0.05) is 22.3 Å². The second kappa shape index (κ2) is 15.2. The summed E-state index contributed by atoms with van der Waals surface area (Å²) < 4.78 is 18.6. The van der Waals surface area contributed by atoms with Gasteiger partial charge in [0.25, 0.3) is 0 Å². The van der Waals surface area contributed by atoms with E-state index in [2.05, 4.69) is 58.9 Å². The largest absolute Gasteiger partial charge is 0.461 e. The minimum atomic E-state index is -1.55. The molecule has 0 aromatic carbocycles. The molecule has 0 aliphatic heterocycles. The fourth-order valence-electron chi connectivity index (χ4n) is 2.72. The number of hydrogen-bond donors (Lipinski definition) is 0. The van der Waals surface area contributed by atoms with E-state index in [-0.39, 0.29) is 55.0 Å². The molecule has 3 nitrogen and oxygen atoms in total. The van der Waals surface area contributed by atoms with E-state index in [0.717, 1.165) is 0 Å². The van der Waals surface area contributed by atoms with Crippen LogP contribution in [0.5, 0.6) is 0 Å². The van der Waals surface area contributed by atoms with Gasteiger partial charge in [0.15, 0.2) is 53.5 Å². The Kier molecular flexibility index (Phi) is 23.5. The van der Waals surface area contributed by atoms with E-state index >= 15 is 0 Å². The Bertz CT molecular complexity index is 301. The van der Waals surface area contributed by atoms with Gasteiger partial charge in [0.05, 0.1) is 0 Å². The summed E-state index contributed by atoms with van der Waals surface area (Å²) >= 11 is 0. The maximum Gasteiger partial charge on any atom is 0.172 e. The molecule has 0 N–H and O–H groups in total. The van der Waals surface area contributed by atoms with Crippen LogP contribution < -0.4 is 0 Å². The van der Waals surface area contributed by atoms with Gasteiger partial charge < -0.3 is 12.3 Å². The predicted molar refractivity (Wildman–Crippen MR) is 126 cm³/mol. The summed E-state index contributed by atoms with van der Waals surface area (Å²) in [6, 6.07) is 0. The summed E-state index contributed by atoms with van der Waals surface area (Å²) in [6.45, 7) is 20.9. The first-order chi connectivity index (χ1) is 8.76. The number of rotatable bonds is 9. The van der Waals surface area contributed by atoms with Crippen molar-refractivity contribution in [3.8, 4) is 0 Å². The number of hydrogen-bond acceptors (Lipinski definition) is 3. The molecule has 0 aliphatic carbocycles. The zero-order valence-electron chi connectivity index (χ0n) is 15.6. The van der Waals surface area contributed by atoms with Crippen LogP contribution in [0.25, 0.3) is 0 Å². The normalized spacial score (nSPS) is 14.2. The van der Waals surface area contributed by atoms with Crippen molar-refractivity contribution >= 4 is 53.5 Å². The predicted octanol–water partition coefficient (Wildman–Crippen LogP) is 4.52. The quantitative estimate of drug-likeness (QED) is 0.418. The standard InChI is InChI=1S/C11H35O3Si6.3CH4.Y/c1-16(13-18(3,4)5)11-20(8,9)14-17(2)10-19(6,7)12-15;;;;/h16-17H,10-11,15H2,1-9H3;3*1H4;. The molecule has 0 fully saturated rings. The first kappa shape index (κ1) is 37.1. The monoisotopic (exact) mass is 520 g/mol. The molecule has 0 spiro atoms. The molecule has 0 aromatic heterocycles. The van der Waals surface area contributed by atoms with Gasteiger partial charge in [0.2, 0.25) is 0 Å². The van der Waals surface area contributed by atoms with Crippen molar-refractivity contribution in [2.24, 2.45) is 0 Å². The maximum absolute atomic E-state index is 6.57. The molecule has 0 aromatic rings. The van der Waals surface area contributed by atoms with Crippen molar-refractivity contribution < 1.29 is 45.1 Å². The Morgan fingerprint density at radius 3 is 1.38 bits per heavy atom. The second-order valence-corrected chi connectivity index (χ2v) is 28.9. The van der Waals surface area contributed by atoms with Crippen LogP contribution in [0, 0.1) is 0 Å². The van der Waals surface area contributed by atoms with Crippen molar-refractivity contribution in [3.63, 3.8) is 0 Å². The average Bonchev–Trinajstić information content (AvgIpc) is 2.10. The SMILES string of the molecule is C.C.C.C[SiH](C[Si](C)(C)O[SiH](C)C[Si](C)(C)O[SiH2])O[Si](C)(C)C.[Y]. The Morgan fingerprint density at radius 1 is 0.708 bits per heavy atom. The minimum Gasteiger partial charge on any atom is -0.461 e. The van der Waals surface area contributed by atoms with Gasteiger partial charge in [-0.3, -0.25) is 0 Å². The maximum atomic E-state index is 6.57. The topological polar surface area (TPSA) is 27.7 Å². The van der Waals surface area contributed by atoms with Gasteiger partial charge >= 0.3 is 0 Å². The van der Waals surface area contributed by atoms with Crippen LogP contribution in [-0.2, 0) is 45.1 Å². The Hall–Kier alpha value is 2.29. The summed E-state index contributed by atoms with van der Waals surface area (Å²) in [6.07, 6.45) is 0. The van der Waals surface area contributed by atoms with Crippen molar-refractivity contribution in [1.82, 2.24) is 0 Å². The van der Waals surface area contributed by atoms with E-state index < -0.39 is 43.0 Å². The van der Waals surface area contributed by atoms with Gasteiger partial charge in [-0.15, -0.1) is 0 Å². The van der Waals surface area contributed by atoms with Crippen LogP contribution in [0.4, 0.5) is 0 Å². The van der Waals surface area contributed by atoms with Crippen molar-refractivity contribution in [2.45, 2.75) is 92.5 Å². The molecule has 2 radical (unpaired) electrons. The van der Waals surface area contributed by atoms with Crippen LogP contribution in [0.1, 0.15) is 22.3 Å². The Balaban J connectivity index is -0.000000301. The molecular formula is C14H47O3Si6Y. The molecule has 0 amide bonds. The van der Waals surface area contributed by atoms with Crippen molar-refractivity contribution in [3.05, 3.63) is 0 Å². The van der Waals surface area contributed by atoms with Gasteiger partial charge in [-0.2, -0.15) is 0 Å². The Labute approximate surface area is 189 Å². The first-order valence-electron chi connectivity index (χ1n) is 7.55. The summed E-state index contributed by atoms with van der Waals surface area (Å²) in [4.78, 5) is 0. The zero-order chi connectivity index (χ0) is 16.2. The van der Waals surface area contributed by atoms with Crippen LogP contribution >= 0.6 is 0 Å². The van der Waals surface area contributed by atoms with Crippen LogP contribution in [0.2, 0.25) is 70.3 Å². The average molecular weight is 521 g/mol. The second-order valence-electron chi connectivity index (χ2n) is 8.04. The summed E-state index contributed by atoms with van der Waals surface area (Å²) in [5, 5.41) is 0. The van der Waals surface area contributed by atoms with Gasteiger partial charge in [-0.05, 0) is 70.3 Å². The molecule has 0 rings (SSSR count). The molecule has 2 unspecified atom stereocenters. The summed E-state index contributed by atoms with van der Waals surface area (Å²) in [5.41, 5.74) is 2.46. The molecule has 148 valence electrons. The van der Waals surface area contributed by atoms with Gasteiger partial charge in [-0.25, -0.2) is 0 Å². The molecule has 0 bridgehead atoms. The molecule has 10 heteroatoms. The van der Waals surface area contributed by atoms with E-state index in [1.807, 2.05) is 0 Å². The molecule has 2 atom stereocenters. The van der Waals surface area contributed by atoms with Crippen molar-refractivity contribution in [1.29, 1.82) is 0 Å². The minimum absolute atomic E-state index is 0. The molecular weight excluding hydrogens is 474 g/mol. The molecule has 0 saturated heterocycles. The van der Waals surface area contributed by atoms with Gasteiger partial charge in [0.1, 0.15) is 0 Å². The van der Waals surface area contributed by atoms with Crippen LogP contribution in [0.3, 0.4) is 0 Å². The summed E-state index contributed by atoms with van der Waals surface area (Å²) in [7, 11) is -4.90. The van der Waals surface area contributed by atoms with Gasteiger partial charge in [0, 0.05) is 32.7 Å². The third-order valence-electron chi connectivity index (χ3n) is 3.02. The third-order valence-corrected chi connectivity index (χ3v) is 27.2. The molecule has 24 heavy (non-hydrogen) atoms. The zero-order valence-corrected chi connectivity index (χ0v) is 25.1. The molecule has 0 saturated carbocycles. The Morgan fingerprint density at radius 2 is 1.04 bits per heavy atom. The third kappa shape index (κ3) is 20.6. The van der Waals surface area contributed by atoms with E-state index in [1.165, 1.54) is 11.3 Å². The van der Waals surface area contributed by atoms with E-state index in [1.54, 1.807) is 10.5 Å². The van der Waals surface area contributed by atoms with Crippen LogP contribution in [0.15, 0.2) is 0 Å². The summed E-state index contributed by atoms with van der Waals surface area (Å²) in [5.74, 6) is 0. The molecule has 0 heterocycles. The fraction of sp³-hybridized carbons (Fsp3) is 1.00. The smallest absolute Gasteiger partial charge is 0.172 e. The van der Waals surface area contributed by atoms with E-state index in [9.17, 15) is 0 Å². The van der Waals surface area contributed by atoms with E-state index in [0.29, 0.717) is 0 Å². The van der Waals surface area contributed by atoms with Crippen LogP contribution in [-0.4, -0.2) is 53.5 Å². The van der Waals surface area contributed by atoms with E-state index in [4.69, 9.17) is 12.3 Å². The molecule has 0 aliphatic rings.